The summed E-state index contributed by atoms with van der Waals surface area (Å²) in [4.78, 5) is 20.7. The number of carbonyl (C=O) groups excluding carboxylic acids is 1. The second-order valence-electron chi connectivity index (χ2n) is 7.81. The Kier molecular flexibility index (Phi) is 5.72. The van der Waals surface area contributed by atoms with Gasteiger partial charge in [-0.25, -0.2) is 9.78 Å². The van der Waals surface area contributed by atoms with Crippen molar-refractivity contribution in [2.45, 2.75) is 6.54 Å². The van der Waals surface area contributed by atoms with E-state index < -0.39 is 6.09 Å². The van der Waals surface area contributed by atoms with E-state index >= 15 is 0 Å². The van der Waals surface area contributed by atoms with Gasteiger partial charge < -0.3 is 14.2 Å². The minimum absolute atomic E-state index is 0.199. The van der Waals surface area contributed by atoms with Gasteiger partial charge in [0.15, 0.2) is 5.76 Å². The van der Waals surface area contributed by atoms with E-state index in [0.29, 0.717) is 33.4 Å². The molecule has 0 bridgehead atoms. The van der Waals surface area contributed by atoms with Crippen LogP contribution in [0.25, 0.3) is 32.8 Å². The number of thiophene rings is 1. The molecule has 178 valence electrons. The highest BCUT2D eigenvalue weighted by atomic mass is 35.5. The number of ether oxygens (including phenoxy) is 1. The van der Waals surface area contributed by atoms with Crippen LogP contribution in [0.5, 0.6) is 5.88 Å². The van der Waals surface area contributed by atoms with Crippen LogP contribution in [0.3, 0.4) is 0 Å². The number of hydrogen-bond donors (Lipinski definition) is 2. The molecule has 6 rings (SSSR count). The number of aromatic amines is 1. The summed E-state index contributed by atoms with van der Waals surface area (Å²) in [5.41, 5.74) is 3.81. The molecule has 0 aliphatic carbocycles. The number of carbonyl (C=O) groups is 1. The predicted octanol–water partition coefficient (Wildman–Crippen LogP) is 6.46. The van der Waals surface area contributed by atoms with Crippen molar-refractivity contribution in [2.24, 2.45) is 0 Å². The molecule has 0 aliphatic heterocycles. The Labute approximate surface area is 213 Å². The number of benzene rings is 2. The van der Waals surface area contributed by atoms with E-state index in [0.717, 1.165) is 21.7 Å². The molecule has 6 aromatic rings. The lowest BCUT2D eigenvalue weighted by atomic mass is 10.1. The first kappa shape index (κ1) is 22.1. The van der Waals surface area contributed by atoms with E-state index in [9.17, 15) is 4.79 Å². The van der Waals surface area contributed by atoms with E-state index in [-0.39, 0.29) is 5.88 Å². The molecule has 0 unspecified atom stereocenters. The molecule has 0 fully saturated rings. The number of imidazole rings is 1. The van der Waals surface area contributed by atoms with Crippen LogP contribution in [-0.2, 0) is 6.54 Å². The highest BCUT2D eigenvalue weighted by molar-refractivity contribution is 7.19. The summed E-state index contributed by atoms with van der Waals surface area (Å²) in [6, 6.07) is 20.4. The topological polar surface area (TPSA) is 111 Å². The zero-order chi connectivity index (χ0) is 24.5. The van der Waals surface area contributed by atoms with Crippen molar-refractivity contribution in [3.63, 3.8) is 0 Å². The average molecular weight is 517 g/mol. The van der Waals surface area contributed by atoms with Gasteiger partial charge in [0.05, 0.1) is 38.7 Å². The fourth-order valence-electron chi connectivity index (χ4n) is 3.77. The molecule has 0 radical (unpaired) electrons. The molecule has 0 saturated carbocycles. The number of halogens is 1. The molecule has 4 heterocycles. The van der Waals surface area contributed by atoms with Crippen molar-refractivity contribution in [1.29, 1.82) is 0 Å². The van der Waals surface area contributed by atoms with Gasteiger partial charge in [0.25, 0.3) is 5.88 Å². The monoisotopic (exact) mass is 516 g/mol. The van der Waals surface area contributed by atoms with Crippen molar-refractivity contribution in [3.05, 3.63) is 89.3 Å². The minimum Gasteiger partial charge on any atom is -0.389 e. The van der Waals surface area contributed by atoms with Crippen molar-refractivity contribution in [1.82, 2.24) is 24.9 Å². The van der Waals surface area contributed by atoms with Crippen molar-refractivity contribution >= 4 is 45.6 Å². The second-order valence-corrected chi connectivity index (χ2v) is 9.53. The van der Waals surface area contributed by atoms with E-state index in [1.807, 2.05) is 54.6 Å². The third-order valence-corrected chi connectivity index (χ3v) is 6.67. The Morgan fingerprint density at radius 3 is 2.78 bits per heavy atom. The van der Waals surface area contributed by atoms with Crippen LogP contribution < -0.4 is 10.1 Å². The summed E-state index contributed by atoms with van der Waals surface area (Å²) in [5.74, 6) is 0.831. The lowest BCUT2D eigenvalue weighted by molar-refractivity contribution is 0.213. The number of anilines is 1. The van der Waals surface area contributed by atoms with Crippen LogP contribution in [0.4, 0.5) is 10.5 Å². The average Bonchev–Trinajstić information content (AvgIpc) is 3.69. The summed E-state index contributed by atoms with van der Waals surface area (Å²) in [6.07, 6.45) is 2.77. The normalized spacial score (nSPS) is 11.1. The zero-order valence-corrected chi connectivity index (χ0v) is 20.1. The molecular formula is C25H17ClN6O3S. The van der Waals surface area contributed by atoms with Gasteiger partial charge in [-0.1, -0.05) is 41.0 Å². The molecule has 2 N–H and O–H groups in total. The number of amides is 1. The second kappa shape index (κ2) is 9.33. The molecule has 0 saturated heterocycles. The molecule has 4 aromatic heterocycles. The Morgan fingerprint density at radius 2 is 2.00 bits per heavy atom. The molecule has 0 aliphatic rings. The highest BCUT2D eigenvalue weighted by Crippen LogP contribution is 2.32. The lowest BCUT2D eigenvalue weighted by Gasteiger charge is -2.05. The highest BCUT2D eigenvalue weighted by Gasteiger charge is 2.17. The molecule has 0 atom stereocenters. The van der Waals surface area contributed by atoms with Gasteiger partial charge in [0.2, 0.25) is 0 Å². The number of hydrogen-bond acceptors (Lipinski definition) is 7. The van der Waals surface area contributed by atoms with Gasteiger partial charge in [0.1, 0.15) is 5.69 Å². The van der Waals surface area contributed by atoms with E-state index in [1.165, 1.54) is 11.3 Å². The van der Waals surface area contributed by atoms with Crippen LogP contribution in [0.2, 0.25) is 4.34 Å². The maximum absolute atomic E-state index is 12.6. The van der Waals surface area contributed by atoms with Crippen molar-refractivity contribution in [3.8, 4) is 27.8 Å². The third-order valence-electron chi connectivity index (χ3n) is 5.43. The van der Waals surface area contributed by atoms with Gasteiger partial charge in [0, 0.05) is 23.5 Å². The Balaban J connectivity index is 1.19. The van der Waals surface area contributed by atoms with Gasteiger partial charge in [-0.05, 0) is 36.4 Å². The fraction of sp³-hybridized carbons (Fsp3) is 0.0400. The third kappa shape index (κ3) is 4.47. The van der Waals surface area contributed by atoms with Gasteiger partial charge >= 0.3 is 6.09 Å². The number of nitrogens with one attached hydrogen (secondary N) is 2. The van der Waals surface area contributed by atoms with Crippen LogP contribution in [-0.4, -0.2) is 31.0 Å². The fourth-order valence-corrected chi connectivity index (χ4v) is 4.76. The predicted molar refractivity (Wildman–Crippen MR) is 137 cm³/mol. The molecular weight excluding hydrogens is 500 g/mol. The zero-order valence-electron chi connectivity index (χ0n) is 18.5. The maximum atomic E-state index is 12.6. The first-order valence-corrected chi connectivity index (χ1v) is 12.1. The molecule has 2 aromatic carbocycles. The Bertz CT molecular complexity index is 1650. The number of aromatic nitrogens is 5. The summed E-state index contributed by atoms with van der Waals surface area (Å²) in [5, 5.41) is 12.1. The van der Waals surface area contributed by atoms with Gasteiger partial charge in [-0.3, -0.25) is 10.00 Å². The molecule has 0 spiro atoms. The molecule has 9 nitrogen and oxygen atoms in total. The van der Waals surface area contributed by atoms with Gasteiger partial charge in [-0.15, -0.1) is 16.4 Å². The Hall–Kier alpha value is -4.41. The van der Waals surface area contributed by atoms with Crippen LogP contribution >= 0.6 is 22.9 Å². The quantitative estimate of drug-likeness (QED) is 0.263. The number of H-pyrrole nitrogens is 1. The largest absolute Gasteiger partial charge is 0.418 e. The van der Waals surface area contributed by atoms with Crippen LogP contribution in [0.15, 0.2) is 83.8 Å². The smallest absolute Gasteiger partial charge is 0.389 e. The lowest BCUT2D eigenvalue weighted by Crippen LogP contribution is -2.17. The maximum Gasteiger partial charge on any atom is 0.418 e. The number of nitrogens with zero attached hydrogens (tertiary/aromatic N) is 4. The van der Waals surface area contributed by atoms with Crippen LogP contribution in [0, 0.1) is 0 Å². The standard InChI is InChI=1S/C25H17ClN6O3S/c26-23-10-9-22(36-23)21-11-17(31-35-21)13-32-20-4-2-1-3-18(20)24(30-32)34-25(33)29-16-7-5-15(6-8-16)19-12-27-14-28-19/h1-12,14H,13H2,(H,27,28)(H,29,33). The minimum atomic E-state index is -0.642. The number of fused-ring (bicyclic) bond motifs is 1. The van der Waals surface area contributed by atoms with Gasteiger partial charge in [-0.2, -0.15) is 0 Å². The van der Waals surface area contributed by atoms with E-state index in [2.05, 4.69) is 25.5 Å². The van der Waals surface area contributed by atoms with Crippen molar-refractivity contribution < 1.29 is 14.1 Å². The van der Waals surface area contributed by atoms with E-state index in [4.69, 9.17) is 20.9 Å². The summed E-state index contributed by atoms with van der Waals surface area (Å²) < 4.78 is 13.4. The molecule has 36 heavy (non-hydrogen) atoms. The SMILES string of the molecule is O=C(Nc1ccc(-c2c[nH]cn2)cc1)Oc1nn(Cc2cc(-c3ccc(Cl)s3)on2)c2ccccc12. The summed E-state index contributed by atoms with van der Waals surface area (Å²) >= 11 is 7.44. The van der Waals surface area contributed by atoms with E-state index in [1.54, 1.807) is 29.3 Å². The summed E-state index contributed by atoms with van der Waals surface area (Å²) in [7, 11) is 0. The first-order valence-electron chi connectivity index (χ1n) is 10.9. The summed E-state index contributed by atoms with van der Waals surface area (Å²) in [6.45, 7) is 0.336. The molecule has 1 amide bonds. The first-order chi connectivity index (χ1) is 17.6. The number of rotatable bonds is 6. The molecule has 11 heteroatoms. The Morgan fingerprint density at radius 1 is 1.14 bits per heavy atom. The number of para-hydroxylation sites is 1. The van der Waals surface area contributed by atoms with Crippen LogP contribution in [0.1, 0.15) is 5.69 Å². The van der Waals surface area contributed by atoms with Crippen molar-refractivity contribution in [2.75, 3.05) is 5.32 Å².